The van der Waals surface area contributed by atoms with Crippen LogP contribution >= 0.6 is 0 Å². The van der Waals surface area contributed by atoms with E-state index in [-0.39, 0.29) is 6.01 Å². The van der Waals surface area contributed by atoms with Gasteiger partial charge in [-0.3, -0.25) is 0 Å². The normalized spacial score (nSPS) is 10.0. The Balaban J connectivity index is 2.45. The van der Waals surface area contributed by atoms with E-state index in [1.807, 2.05) is 30.3 Å². The summed E-state index contributed by atoms with van der Waals surface area (Å²) >= 11 is 0. The molecule has 0 atom stereocenters. The molecule has 0 amide bonds. The predicted octanol–water partition coefficient (Wildman–Crippen LogP) is 1.72. The first-order valence-electron chi connectivity index (χ1n) is 3.55. The van der Waals surface area contributed by atoms with Crippen molar-refractivity contribution >= 4 is 6.01 Å². The van der Waals surface area contributed by atoms with Crippen LogP contribution in [0.25, 0.3) is 11.3 Å². The molecule has 0 aliphatic rings. The van der Waals surface area contributed by atoms with Crippen molar-refractivity contribution in [2.24, 2.45) is 0 Å². The molecular formula is C9H7N2O-. The fourth-order valence-electron chi connectivity index (χ4n) is 0.969. The van der Waals surface area contributed by atoms with E-state index in [0.29, 0.717) is 5.76 Å². The molecule has 0 bridgehead atoms. The molecule has 1 aromatic carbocycles. The van der Waals surface area contributed by atoms with E-state index in [1.165, 1.54) is 0 Å². The smallest absolute Gasteiger partial charge is 0.184 e. The summed E-state index contributed by atoms with van der Waals surface area (Å²) < 4.78 is 5.08. The van der Waals surface area contributed by atoms with Crippen molar-refractivity contribution in [1.29, 1.82) is 0 Å². The minimum atomic E-state index is 0.147. The third-order valence-corrected chi connectivity index (χ3v) is 1.51. The van der Waals surface area contributed by atoms with Crippen molar-refractivity contribution in [2.75, 3.05) is 5.73 Å². The summed E-state index contributed by atoms with van der Waals surface area (Å²) in [6, 6.07) is 9.74. The van der Waals surface area contributed by atoms with E-state index in [1.54, 1.807) is 0 Å². The number of nitrogens with two attached hydrogens (primary N) is 1. The summed E-state index contributed by atoms with van der Waals surface area (Å²) in [6.45, 7) is 0. The van der Waals surface area contributed by atoms with Crippen LogP contribution in [0.15, 0.2) is 34.7 Å². The summed E-state index contributed by atoms with van der Waals surface area (Å²) in [5, 5.41) is 0. The standard InChI is InChI=1S/C9H7N2O/c10-9-11-6-8(12-9)7-4-2-1-3-5-7/h1-5H,(H2,10,11)/q-1. The van der Waals surface area contributed by atoms with Gasteiger partial charge in [0.15, 0.2) is 6.01 Å². The Morgan fingerprint density at radius 2 is 2.00 bits per heavy atom. The molecule has 0 unspecified atom stereocenters. The van der Waals surface area contributed by atoms with Crippen LogP contribution in [0.5, 0.6) is 0 Å². The lowest BCUT2D eigenvalue weighted by atomic mass is 10.2. The molecule has 0 spiro atoms. The second-order valence-corrected chi connectivity index (χ2v) is 2.36. The van der Waals surface area contributed by atoms with Gasteiger partial charge in [-0.1, -0.05) is 23.8 Å². The van der Waals surface area contributed by atoms with Gasteiger partial charge >= 0.3 is 0 Å². The van der Waals surface area contributed by atoms with Crippen LogP contribution < -0.4 is 5.73 Å². The number of hydrogen-bond donors (Lipinski definition) is 1. The largest absolute Gasteiger partial charge is 0.508 e. The average Bonchev–Trinajstić information content (AvgIpc) is 2.54. The van der Waals surface area contributed by atoms with Crippen LogP contribution in [0.3, 0.4) is 0 Å². The van der Waals surface area contributed by atoms with Crippen LogP contribution in [0.1, 0.15) is 0 Å². The van der Waals surface area contributed by atoms with Gasteiger partial charge in [-0.15, -0.1) is 12.1 Å². The second-order valence-electron chi connectivity index (χ2n) is 2.36. The van der Waals surface area contributed by atoms with Crippen molar-refractivity contribution in [3.63, 3.8) is 0 Å². The van der Waals surface area contributed by atoms with Gasteiger partial charge in [0, 0.05) is 5.76 Å². The third-order valence-electron chi connectivity index (χ3n) is 1.51. The summed E-state index contributed by atoms with van der Waals surface area (Å²) in [4.78, 5) is 3.68. The maximum absolute atomic E-state index is 5.31. The first-order chi connectivity index (χ1) is 5.86. The number of aromatic nitrogens is 1. The zero-order chi connectivity index (χ0) is 8.39. The zero-order valence-electron chi connectivity index (χ0n) is 6.32. The molecule has 3 heteroatoms. The maximum atomic E-state index is 5.31. The first-order valence-corrected chi connectivity index (χ1v) is 3.55. The van der Waals surface area contributed by atoms with Crippen molar-refractivity contribution < 1.29 is 4.42 Å². The molecule has 1 heterocycles. The van der Waals surface area contributed by atoms with E-state index >= 15 is 0 Å². The van der Waals surface area contributed by atoms with Gasteiger partial charge < -0.3 is 15.1 Å². The molecule has 3 nitrogen and oxygen atoms in total. The van der Waals surface area contributed by atoms with Gasteiger partial charge in [0.2, 0.25) is 0 Å². The number of benzene rings is 1. The zero-order valence-corrected chi connectivity index (χ0v) is 6.32. The quantitative estimate of drug-likeness (QED) is 0.644. The predicted molar refractivity (Wildman–Crippen MR) is 45.2 cm³/mol. The Bertz CT molecular complexity index is 367. The molecule has 60 valence electrons. The third kappa shape index (κ3) is 1.16. The highest BCUT2D eigenvalue weighted by atomic mass is 16.4. The lowest BCUT2D eigenvalue weighted by Gasteiger charge is -2.00. The Kier molecular flexibility index (Phi) is 1.55. The van der Waals surface area contributed by atoms with Crippen LogP contribution in [0.4, 0.5) is 6.01 Å². The highest BCUT2D eigenvalue weighted by Crippen LogP contribution is 2.19. The fourth-order valence-corrected chi connectivity index (χ4v) is 0.969. The molecule has 2 aromatic rings. The Hall–Kier alpha value is -1.77. The van der Waals surface area contributed by atoms with Gasteiger partial charge in [0.25, 0.3) is 0 Å². The first kappa shape index (κ1) is 6.91. The molecule has 2 N–H and O–H groups in total. The van der Waals surface area contributed by atoms with E-state index in [0.717, 1.165) is 5.56 Å². The second kappa shape index (κ2) is 2.70. The number of oxazole rings is 1. The van der Waals surface area contributed by atoms with Gasteiger partial charge in [0.05, 0.1) is 0 Å². The number of nitrogens with zero attached hydrogens (tertiary/aromatic N) is 1. The van der Waals surface area contributed by atoms with Crippen molar-refractivity contribution in [1.82, 2.24) is 4.98 Å². The van der Waals surface area contributed by atoms with Crippen LogP contribution in [-0.2, 0) is 0 Å². The summed E-state index contributed by atoms with van der Waals surface area (Å²) in [7, 11) is 0. The van der Waals surface area contributed by atoms with E-state index in [4.69, 9.17) is 10.2 Å². The van der Waals surface area contributed by atoms with E-state index in [9.17, 15) is 0 Å². The molecular weight excluding hydrogens is 152 g/mol. The maximum Gasteiger partial charge on any atom is 0.184 e. The number of rotatable bonds is 1. The number of anilines is 1. The van der Waals surface area contributed by atoms with Gasteiger partial charge in [0.1, 0.15) is 0 Å². The van der Waals surface area contributed by atoms with Gasteiger partial charge in [-0.05, 0) is 6.20 Å². The molecule has 0 aliphatic carbocycles. The molecule has 0 saturated carbocycles. The van der Waals surface area contributed by atoms with Crippen molar-refractivity contribution in [2.45, 2.75) is 0 Å². The average molecular weight is 159 g/mol. The topological polar surface area (TPSA) is 52.0 Å². The lowest BCUT2D eigenvalue weighted by Crippen LogP contribution is -1.79. The molecule has 0 aliphatic heterocycles. The Labute approximate surface area is 69.8 Å². The van der Waals surface area contributed by atoms with E-state index < -0.39 is 0 Å². The summed E-state index contributed by atoms with van der Waals surface area (Å²) in [6.07, 6.45) is 2.68. The Morgan fingerprint density at radius 3 is 2.58 bits per heavy atom. The number of nitrogen functional groups attached to an aromatic ring is 1. The molecule has 12 heavy (non-hydrogen) atoms. The Morgan fingerprint density at radius 1 is 1.25 bits per heavy atom. The molecule has 0 radical (unpaired) electrons. The molecule has 0 fully saturated rings. The molecule has 1 aromatic heterocycles. The molecule has 0 saturated heterocycles. The van der Waals surface area contributed by atoms with Crippen molar-refractivity contribution in [3.8, 4) is 11.3 Å². The molecule has 2 rings (SSSR count). The van der Waals surface area contributed by atoms with Crippen LogP contribution in [-0.4, -0.2) is 4.98 Å². The minimum Gasteiger partial charge on any atom is -0.508 e. The van der Waals surface area contributed by atoms with E-state index in [2.05, 4.69) is 11.2 Å². The number of hydrogen-bond acceptors (Lipinski definition) is 3. The highest BCUT2D eigenvalue weighted by molar-refractivity contribution is 5.56. The van der Waals surface area contributed by atoms with Gasteiger partial charge in [-0.2, -0.15) is 0 Å². The highest BCUT2D eigenvalue weighted by Gasteiger charge is 1.91. The van der Waals surface area contributed by atoms with Crippen LogP contribution in [0, 0.1) is 6.20 Å². The summed E-state index contributed by atoms with van der Waals surface area (Å²) in [5.41, 5.74) is 6.24. The monoisotopic (exact) mass is 159 g/mol. The lowest BCUT2D eigenvalue weighted by molar-refractivity contribution is 0.594. The SMILES string of the molecule is Nc1n[c-]c(-c2ccccc2)o1. The minimum absolute atomic E-state index is 0.147. The van der Waals surface area contributed by atoms with Crippen molar-refractivity contribution in [3.05, 3.63) is 36.5 Å². The van der Waals surface area contributed by atoms with Crippen LogP contribution in [0.2, 0.25) is 0 Å². The van der Waals surface area contributed by atoms with Gasteiger partial charge in [-0.25, -0.2) is 0 Å². The summed E-state index contributed by atoms with van der Waals surface area (Å²) in [5.74, 6) is 0.577. The fraction of sp³-hybridized carbons (Fsp3) is 0.